The van der Waals surface area contributed by atoms with Gasteiger partial charge in [0.15, 0.2) is 6.10 Å². The van der Waals surface area contributed by atoms with Gasteiger partial charge in [-0.25, -0.2) is 10.9 Å². The number of aromatic nitrogens is 1. The van der Waals surface area contributed by atoms with E-state index in [1.165, 1.54) is 0 Å². The number of hydrazine groups is 1. The van der Waals surface area contributed by atoms with Crippen LogP contribution in [0.5, 0.6) is 11.5 Å². The summed E-state index contributed by atoms with van der Waals surface area (Å²) in [7, 11) is 1.69. The summed E-state index contributed by atoms with van der Waals surface area (Å²) in [6, 6.07) is 17.7. The minimum Gasteiger partial charge on any atom is -0.496 e. The quantitative estimate of drug-likeness (QED) is 0.560. The Bertz CT molecular complexity index is 1020. The lowest BCUT2D eigenvalue weighted by Crippen LogP contribution is -2.48. The molecule has 3 unspecified atom stereocenters. The molecule has 2 aromatic carbocycles. The van der Waals surface area contributed by atoms with Crippen LogP contribution < -0.4 is 25.6 Å². The minimum absolute atomic E-state index is 0.0673. The Balaban J connectivity index is 1.44. The zero-order chi connectivity index (χ0) is 21.1. The van der Waals surface area contributed by atoms with Crippen molar-refractivity contribution in [2.45, 2.75) is 45.1 Å². The van der Waals surface area contributed by atoms with Gasteiger partial charge in [-0.05, 0) is 44.2 Å². The predicted molar refractivity (Wildman–Crippen MR) is 116 cm³/mol. The van der Waals surface area contributed by atoms with Crippen LogP contribution in [0.1, 0.15) is 32.0 Å². The van der Waals surface area contributed by atoms with Crippen molar-refractivity contribution in [3.05, 3.63) is 60.3 Å². The number of para-hydroxylation sites is 1. The Kier molecular flexibility index (Phi) is 5.92. The standard InChI is InChI=1S/C23H28N4O3/c1-4-27-19-11-8-12-21(29-3)17(19)13-20(27)18-14-22(26-25-18)24-23(28)15(2)30-16-9-6-5-7-10-16/h5-13,15,18,22,25-26H,4,14H2,1-3H3,(H,24,28). The summed E-state index contributed by atoms with van der Waals surface area (Å²) < 4.78 is 13.5. The Morgan fingerprint density at radius 3 is 2.73 bits per heavy atom. The van der Waals surface area contributed by atoms with Gasteiger partial charge in [0.1, 0.15) is 11.5 Å². The maximum Gasteiger partial charge on any atom is 0.262 e. The van der Waals surface area contributed by atoms with Crippen LogP contribution >= 0.6 is 0 Å². The Hall–Kier alpha value is -3.03. The average Bonchev–Trinajstić information content (AvgIpc) is 3.38. The third kappa shape index (κ3) is 3.99. The molecule has 1 aliphatic heterocycles. The number of benzene rings is 2. The lowest BCUT2D eigenvalue weighted by molar-refractivity contribution is -0.128. The van der Waals surface area contributed by atoms with Gasteiger partial charge >= 0.3 is 0 Å². The number of amides is 1. The zero-order valence-electron chi connectivity index (χ0n) is 17.5. The molecule has 3 atom stereocenters. The molecule has 0 bridgehead atoms. The third-order valence-electron chi connectivity index (χ3n) is 5.48. The predicted octanol–water partition coefficient (Wildman–Crippen LogP) is 3.12. The number of carbonyl (C=O) groups is 1. The summed E-state index contributed by atoms with van der Waals surface area (Å²) in [6.45, 7) is 4.74. The maximum atomic E-state index is 12.6. The number of carbonyl (C=O) groups excluding carboxylic acids is 1. The van der Waals surface area contributed by atoms with E-state index < -0.39 is 6.10 Å². The van der Waals surface area contributed by atoms with E-state index in [-0.39, 0.29) is 18.1 Å². The number of ether oxygens (including phenoxy) is 2. The molecule has 1 saturated heterocycles. The first-order chi connectivity index (χ1) is 14.6. The molecule has 1 aliphatic rings. The summed E-state index contributed by atoms with van der Waals surface area (Å²) in [5, 5.41) is 4.11. The zero-order valence-corrected chi connectivity index (χ0v) is 17.5. The molecule has 2 heterocycles. The summed E-state index contributed by atoms with van der Waals surface area (Å²) >= 11 is 0. The largest absolute Gasteiger partial charge is 0.496 e. The van der Waals surface area contributed by atoms with Crippen LogP contribution in [0.25, 0.3) is 10.9 Å². The van der Waals surface area contributed by atoms with E-state index in [0.29, 0.717) is 5.75 Å². The van der Waals surface area contributed by atoms with E-state index in [1.54, 1.807) is 14.0 Å². The molecule has 4 rings (SSSR count). The van der Waals surface area contributed by atoms with Gasteiger partial charge in [0.05, 0.1) is 24.8 Å². The molecule has 0 radical (unpaired) electrons. The van der Waals surface area contributed by atoms with Gasteiger partial charge in [-0.2, -0.15) is 0 Å². The van der Waals surface area contributed by atoms with Crippen LogP contribution in [0.4, 0.5) is 0 Å². The molecule has 0 aliphatic carbocycles. The molecule has 7 nitrogen and oxygen atoms in total. The van der Waals surface area contributed by atoms with E-state index in [2.05, 4.69) is 39.8 Å². The lowest BCUT2D eigenvalue weighted by Gasteiger charge is -2.18. The van der Waals surface area contributed by atoms with E-state index in [9.17, 15) is 4.79 Å². The van der Waals surface area contributed by atoms with Crippen molar-refractivity contribution in [1.82, 2.24) is 20.7 Å². The Morgan fingerprint density at radius 2 is 2.00 bits per heavy atom. The van der Waals surface area contributed by atoms with Gasteiger partial charge in [-0.1, -0.05) is 24.3 Å². The van der Waals surface area contributed by atoms with E-state index in [1.807, 2.05) is 42.5 Å². The monoisotopic (exact) mass is 408 g/mol. The van der Waals surface area contributed by atoms with Crippen LogP contribution in [0.2, 0.25) is 0 Å². The highest BCUT2D eigenvalue weighted by molar-refractivity contribution is 5.87. The van der Waals surface area contributed by atoms with Crippen LogP contribution in [-0.2, 0) is 11.3 Å². The first kappa shape index (κ1) is 20.3. The number of nitrogens with zero attached hydrogens (tertiary/aromatic N) is 1. The number of nitrogens with one attached hydrogen (secondary N) is 3. The van der Waals surface area contributed by atoms with Crippen molar-refractivity contribution in [2.75, 3.05) is 7.11 Å². The molecule has 7 heteroatoms. The Morgan fingerprint density at radius 1 is 1.20 bits per heavy atom. The van der Waals surface area contributed by atoms with Gasteiger partial charge in [-0.15, -0.1) is 0 Å². The van der Waals surface area contributed by atoms with Crippen LogP contribution in [0, 0.1) is 0 Å². The van der Waals surface area contributed by atoms with Crippen LogP contribution in [0.3, 0.4) is 0 Å². The average molecular weight is 409 g/mol. The van der Waals surface area contributed by atoms with Crippen LogP contribution in [-0.4, -0.2) is 29.9 Å². The SMILES string of the molecule is CCn1c(C2CC(NC(=O)C(C)Oc3ccccc3)NN2)cc2c(OC)cccc21. The molecular formula is C23H28N4O3. The smallest absolute Gasteiger partial charge is 0.262 e. The number of methoxy groups -OCH3 is 1. The number of fused-ring (bicyclic) bond motifs is 1. The van der Waals surface area contributed by atoms with Crippen molar-refractivity contribution in [3.63, 3.8) is 0 Å². The van der Waals surface area contributed by atoms with Gasteiger partial charge in [0.25, 0.3) is 5.91 Å². The van der Waals surface area contributed by atoms with Crippen molar-refractivity contribution in [1.29, 1.82) is 0 Å². The molecule has 3 N–H and O–H groups in total. The molecular weight excluding hydrogens is 380 g/mol. The summed E-state index contributed by atoms with van der Waals surface area (Å²) in [4.78, 5) is 12.6. The van der Waals surface area contributed by atoms with Gasteiger partial charge in [0.2, 0.25) is 0 Å². The summed E-state index contributed by atoms with van der Waals surface area (Å²) in [5.74, 6) is 1.39. The van der Waals surface area contributed by atoms with Crippen molar-refractivity contribution < 1.29 is 14.3 Å². The lowest BCUT2D eigenvalue weighted by atomic mass is 10.1. The molecule has 0 spiro atoms. The number of hydrogen-bond donors (Lipinski definition) is 3. The number of aryl methyl sites for hydroxylation is 1. The fourth-order valence-electron chi connectivity index (χ4n) is 3.99. The molecule has 1 aromatic heterocycles. The van der Waals surface area contributed by atoms with Crippen molar-refractivity contribution >= 4 is 16.8 Å². The summed E-state index contributed by atoms with van der Waals surface area (Å²) in [5.41, 5.74) is 8.83. The Labute approximate surface area is 176 Å². The topological polar surface area (TPSA) is 76.6 Å². The van der Waals surface area contributed by atoms with Gasteiger partial charge in [-0.3, -0.25) is 4.79 Å². The highest BCUT2D eigenvalue weighted by Gasteiger charge is 2.30. The second-order valence-electron chi connectivity index (χ2n) is 7.42. The molecule has 3 aromatic rings. The molecule has 1 amide bonds. The van der Waals surface area contributed by atoms with E-state index in [4.69, 9.17) is 9.47 Å². The summed E-state index contributed by atoms with van der Waals surface area (Å²) in [6.07, 6.45) is -0.0447. The molecule has 30 heavy (non-hydrogen) atoms. The number of hydrogen-bond acceptors (Lipinski definition) is 5. The normalized spacial score (nSPS) is 19.6. The highest BCUT2D eigenvalue weighted by Crippen LogP contribution is 2.33. The molecule has 158 valence electrons. The first-order valence-corrected chi connectivity index (χ1v) is 10.3. The van der Waals surface area contributed by atoms with E-state index in [0.717, 1.165) is 35.3 Å². The second kappa shape index (κ2) is 8.77. The fourth-order valence-corrected chi connectivity index (χ4v) is 3.99. The van der Waals surface area contributed by atoms with Crippen LogP contribution in [0.15, 0.2) is 54.6 Å². The second-order valence-corrected chi connectivity index (χ2v) is 7.42. The maximum absolute atomic E-state index is 12.6. The number of rotatable bonds is 7. The van der Waals surface area contributed by atoms with Crippen molar-refractivity contribution in [2.24, 2.45) is 0 Å². The van der Waals surface area contributed by atoms with Crippen molar-refractivity contribution in [3.8, 4) is 11.5 Å². The molecule has 1 fully saturated rings. The molecule has 0 saturated carbocycles. The van der Waals surface area contributed by atoms with Gasteiger partial charge in [0, 0.05) is 24.0 Å². The van der Waals surface area contributed by atoms with Gasteiger partial charge < -0.3 is 19.4 Å². The van der Waals surface area contributed by atoms with E-state index >= 15 is 0 Å². The minimum atomic E-state index is -0.584. The third-order valence-corrected chi connectivity index (χ3v) is 5.48. The fraction of sp³-hybridized carbons (Fsp3) is 0.348. The first-order valence-electron chi connectivity index (χ1n) is 10.3. The highest BCUT2D eigenvalue weighted by atomic mass is 16.5.